The minimum atomic E-state index is -0.234. The van der Waals surface area contributed by atoms with Crippen LogP contribution in [-0.2, 0) is 13.6 Å². The molecule has 6 nitrogen and oxygen atoms in total. The molecule has 0 spiro atoms. The van der Waals surface area contributed by atoms with Gasteiger partial charge in [0.1, 0.15) is 16.2 Å². The number of hydrogen-bond acceptors (Lipinski definition) is 4. The van der Waals surface area contributed by atoms with E-state index in [-0.39, 0.29) is 18.0 Å². The Labute approximate surface area is 157 Å². The van der Waals surface area contributed by atoms with Crippen molar-refractivity contribution in [3.8, 4) is 0 Å². The highest BCUT2D eigenvalue weighted by Crippen LogP contribution is 2.30. The summed E-state index contributed by atoms with van der Waals surface area (Å²) in [7, 11) is 3.47. The van der Waals surface area contributed by atoms with Crippen molar-refractivity contribution in [1.29, 1.82) is 0 Å². The first kappa shape index (κ1) is 16.8. The summed E-state index contributed by atoms with van der Waals surface area (Å²) in [6, 6.07) is 9.39. The maximum absolute atomic E-state index is 13.0. The number of nitrogens with one attached hydrogen (secondary N) is 1. The van der Waals surface area contributed by atoms with Crippen molar-refractivity contribution in [2.75, 3.05) is 7.05 Å². The van der Waals surface area contributed by atoms with Gasteiger partial charge in [0, 0.05) is 25.0 Å². The van der Waals surface area contributed by atoms with Crippen molar-refractivity contribution in [1.82, 2.24) is 19.4 Å². The van der Waals surface area contributed by atoms with Gasteiger partial charge in [-0.2, -0.15) is 0 Å². The highest BCUT2D eigenvalue weighted by molar-refractivity contribution is 7.17. The monoisotopic (exact) mass is 386 g/mol. The second-order valence-corrected chi connectivity index (χ2v) is 7.34. The molecule has 3 heterocycles. The fourth-order valence-corrected chi connectivity index (χ4v) is 4.15. The Morgan fingerprint density at radius 3 is 2.88 bits per heavy atom. The zero-order valence-electron chi connectivity index (χ0n) is 14.1. The lowest BCUT2D eigenvalue weighted by atomic mass is 10.2. The van der Waals surface area contributed by atoms with Crippen LogP contribution in [0.2, 0.25) is 5.02 Å². The molecule has 1 amide bonds. The maximum Gasteiger partial charge on any atom is 0.272 e. The predicted octanol–water partition coefficient (Wildman–Crippen LogP) is 3.40. The summed E-state index contributed by atoms with van der Waals surface area (Å²) in [6.45, 7) is 0.178. The van der Waals surface area contributed by atoms with E-state index >= 15 is 0 Å². The fourth-order valence-electron chi connectivity index (χ4n) is 3.06. The Hall–Kier alpha value is -2.64. The second-order valence-electron chi connectivity index (χ2n) is 6.05. The molecule has 4 aromatic rings. The first-order valence-electron chi connectivity index (χ1n) is 7.92. The highest BCUT2D eigenvalue weighted by Gasteiger charge is 2.23. The van der Waals surface area contributed by atoms with E-state index in [1.807, 2.05) is 36.7 Å². The normalized spacial score (nSPS) is 11.3. The SMILES string of the molecule is CN(Cc1nc2ccsc2c(=O)[nH]1)C(=O)c1c(Cl)c2ccccc2n1C. The second kappa shape index (κ2) is 6.26. The lowest BCUT2D eigenvalue weighted by Gasteiger charge is -2.17. The number of hydrogen-bond donors (Lipinski definition) is 1. The largest absolute Gasteiger partial charge is 0.338 e. The maximum atomic E-state index is 13.0. The molecule has 0 bridgehead atoms. The molecular formula is C18H15ClN4O2S. The van der Waals surface area contributed by atoms with Gasteiger partial charge in [-0.1, -0.05) is 29.8 Å². The van der Waals surface area contributed by atoms with Crippen LogP contribution in [-0.4, -0.2) is 32.4 Å². The number of halogens is 1. The fraction of sp³-hybridized carbons (Fsp3) is 0.167. The number of thiophene rings is 1. The number of aromatic nitrogens is 3. The molecule has 132 valence electrons. The smallest absolute Gasteiger partial charge is 0.272 e. The topological polar surface area (TPSA) is 71.0 Å². The van der Waals surface area contributed by atoms with Gasteiger partial charge in [0.05, 0.1) is 17.1 Å². The Morgan fingerprint density at radius 1 is 1.35 bits per heavy atom. The molecule has 0 aliphatic carbocycles. The summed E-state index contributed by atoms with van der Waals surface area (Å²) in [6.07, 6.45) is 0. The minimum Gasteiger partial charge on any atom is -0.338 e. The van der Waals surface area contributed by atoms with Gasteiger partial charge >= 0.3 is 0 Å². The van der Waals surface area contributed by atoms with Gasteiger partial charge in [-0.25, -0.2) is 4.98 Å². The van der Waals surface area contributed by atoms with Crippen molar-refractivity contribution < 1.29 is 4.79 Å². The summed E-state index contributed by atoms with van der Waals surface area (Å²) in [4.78, 5) is 33.7. The Balaban J connectivity index is 1.69. The molecule has 0 radical (unpaired) electrons. The number of fused-ring (bicyclic) bond motifs is 2. The zero-order chi connectivity index (χ0) is 18.4. The average molecular weight is 387 g/mol. The summed E-state index contributed by atoms with van der Waals surface area (Å²) < 4.78 is 2.37. The van der Waals surface area contributed by atoms with E-state index in [4.69, 9.17) is 11.6 Å². The summed E-state index contributed by atoms with van der Waals surface area (Å²) in [5.74, 6) is 0.202. The van der Waals surface area contributed by atoms with E-state index in [1.165, 1.54) is 16.2 Å². The van der Waals surface area contributed by atoms with E-state index in [9.17, 15) is 9.59 Å². The molecule has 0 unspecified atom stereocenters. The highest BCUT2D eigenvalue weighted by atomic mass is 35.5. The third kappa shape index (κ3) is 2.60. The van der Waals surface area contributed by atoms with Crippen LogP contribution in [0.4, 0.5) is 0 Å². The number of carbonyl (C=O) groups excluding carboxylic acids is 1. The summed E-state index contributed by atoms with van der Waals surface area (Å²) >= 11 is 7.80. The number of nitrogens with zero attached hydrogens (tertiary/aromatic N) is 3. The third-order valence-corrected chi connectivity index (χ3v) is 5.63. The quantitative estimate of drug-likeness (QED) is 0.586. The van der Waals surface area contributed by atoms with Gasteiger partial charge in [-0.05, 0) is 17.5 Å². The van der Waals surface area contributed by atoms with E-state index in [1.54, 1.807) is 17.7 Å². The Morgan fingerprint density at radius 2 is 2.12 bits per heavy atom. The number of aromatic amines is 1. The summed E-state index contributed by atoms with van der Waals surface area (Å²) in [5.41, 5.74) is 1.75. The van der Waals surface area contributed by atoms with Crippen LogP contribution in [0.1, 0.15) is 16.3 Å². The van der Waals surface area contributed by atoms with Crippen LogP contribution >= 0.6 is 22.9 Å². The Kier molecular flexibility index (Phi) is 4.05. The average Bonchev–Trinajstić information content (AvgIpc) is 3.19. The molecular weight excluding hydrogens is 372 g/mol. The molecule has 0 aliphatic heterocycles. The molecule has 1 N–H and O–H groups in total. The lowest BCUT2D eigenvalue weighted by molar-refractivity contribution is 0.0773. The van der Waals surface area contributed by atoms with Crippen LogP contribution in [0.15, 0.2) is 40.5 Å². The molecule has 0 saturated carbocycles. The van der Waals surface area contributed by atoms with E-state index in [0.29, 0.717) is 26.8 Å². The molecule has 4 rings (SSSR count). The Bertz CT molecular complexity index is 1170. The molecule has 0 saturated heterocycles. The van der Waals surface area contributed by atoms with Crippen molar-refractivity contribution in [3.05, 3.63) is 62.6 Å². The van der Waals surface area contributed by atoms with Gasteiger partial charge in [-0.15, -0.1) is 11.3 Å². The van der Waals surface area contributed by atoms with Gasteiger partial charge in [0.25, 0.3) is 11.5 Å². The lowest BCUT2D eigenvalue weighted by Crippen LogP contribution is -2.29. The summed E-state index contributed by atoms with van der Waals surface area (Å²) in [5, 5.41) is 3.08. The van der Waals surface area contributed by atoms with Crippen molar-refractivity contribution >= 4 is 50.0 Å². The number of benzene rings is 1. The molecule has 8 heteroatoms. The number of H-pyrrole nitrogens is 1. The molecule has 0 atom stereocenters. The molecule has 0 aliphatic rings. The van der Waals surface area contributed by atoms with E-state index in [0.717, 1.165) is 10.9 Å². The first-order valence-corrected chi connectivity index (χ1v) is 9.18. The molecule has 26 heavy (non-hydrogen) atoms. The molecule has 1 aromatic carbocycles. The van der Waals surface area contributed by atoms with E-state index in [2.05, 4.69) is 9.97 Å². The van der Waals surface area contributed by atoms with Crippen LogP contribution in [0, 0.1) is 0 Å². The van der Waals surface area contributed by atoms with Gasteiger partial charge in [0.15, 0.2) is 0 Å². The van der Waals surface area contributed by atoms with Crippen LogP contribution < -0.4 is 5.56 Å². The van der Waals surface area contributed by atoms with Gasteiger partial charge < -0.3 is 14.5 Å². The number of amides is 1. The molecule has 0 fully saturated rings. The van der Waals surface area contributed by atoms with Crippen molar-refractivity contribution in [2.24, 2.45) is 7.05 Å². The minimum absolute atomic E-state index is 0.178. The zero-order valence-corrected chi connectivity index (χ0v) is 15.7. The standard InChI is InChI=1S/C18H15ClN4O2S/c1-22(9-13-20-11-7-8-26-16(11)17(24)21-13)18(25)15-14(19)10-5-3-4-6-12(10)23(15)2/h3-8H,9H2,1-2H3,(H,20,21,24). The first-order chi connectivity index (χ1) is 12.5. The number of aryl methyl sites for hydroxylation is 1. The molecule has 3 aromatic heterocycles. The number of carbonyl (C=O) groups is 1. The van der Waals surface area contributed by atoms with Gasteiger partial charge in [0.2, 0.25) is 0 Å². The van der Waals surface area contributed by atoms with Crippen LogP contribution in [0.5, 0.6) is 0 Å². The van der Waals surface area contributed by atoms with Gasteiger partial charge in [-0.3, -0.25) is 9.59 Å². The van der Waals surface area contributed by atoms with Crippen molar-refractivity contribution in [3.63, 3.8) is 0 Å². The number of para-hydroxylation sites is 1. The van der Waals surface area contributed by atoms with E-state index < -0.39 is 0 Å². The number of rotatable bonds is 3. The predicted molar refractivity (Wildman–Crippen MR) is 104 cm³/mol. The van der Waals surface area contributed by atoms with Crippen LogP contribution in [0.3, 0.4) is 0 Å². The third-order valence-electron chi connectivity index (χ3n) is 4.35. The van der Waals surface area contributed by atoms with Crippen molar-refractivity contribution in [2.45, 2.75) is 6.54 Å². The van der Waals surface area contributed by atoms with Crippen LogP contribution in [0.25, 0.3) is 21.1 Å².